The predicted octanol–water partition coefficient (Wildman–Crippen LogP) is 4.58. The van der Waals surface area contributed by atoms with Crippen molar-refractivity contribution in [1.82, 2.24) is 4.90 Å². The van der Waals surface area contributed by atoms with Crippen LogP contribution in [0, 0.1) is 10.1 Å². The summed E-state index contributed by atoms with van der Waals surface area (Å²) in [6.07, 6.45) is -2.80. The van der Waals surface area contributed by atoms with E-state index in [1.54, 1.807) is 29.2 Å². The van der Waals surface area contributed by atoms with E-state index in [4.69, 9.17) is 0 Å². The number of halogens is 3. The molecule has 2 amide bonds. The van der Waals surface area contributed by atoms with E-state index >= 15 is 0 Å². The third-order valence-electron chi connectivity index (χ3n) is 4.63. The molecule has 1 fully saturated rings. The molecule has 2 aromatic rings. The van der Waals surface area contributed by atoms with Crippen LogP contribution >= 0.6 is 11.8 Å². The van der Waals surface area contributed by atoms with E-state index in [0.29, 0.717) is 30.4 Å². The minimum atomic E-state index is -4.71. The molecule has 1 N–H and O–H groups in total. The first-order chi connectivity index (χ1) is 14.6. The molecule has 164 valence electrons. The van der Waals surface area contributed by atoms with Gasteiger partial charge in [0.1, 0.15) is 0 Å². The number of hydrogen-bond acceptors (Lipinski definition) is 5. The van der Waals surface area contributed by atoms with Gasteiger partial charge in [0.25, 0.3) is 11.6 Å². The lowest BCUT2D eigenvalue weighted by molar-refractivity contribution is -0.388. The first-order valence-electron chi connectivity index (χ1n) is 9.33. The molecule has 0 unspecified atom stereocenters. The highest BCUT2D eigenvalue weighted by atomic mass is 32.2. The predicted molar refractivity (Wildman–Crippen MR) is 109 cm³/mol. The molecule has 11 heteroatoms. The number of likely N-dealkylation sites (tertiary alicyclic amines) is 1. The van der Waals surface area contributed by atoms with Crippen molar-refractivity contribution in [3.63, 3.8) is 0 Å². The van der Waals surface area contributed by atoms with Crippen LogP contribution in [0.3, 0.4) is 0 Å². The molecule has 2 aromatic carbocycles. The lowest BCUT2D eigenvalue weighted by Crippen LogP contribution is -2.27. The fourth-order valence-electron chi connectivity index (χ4n) is 3.13. The smallest absolute Gasteiger partial charge is 0.339 e. The first kappa shape index (κ1) is 22.6. The highest BCUT2D eigenvalue weighted by molar-refractivity contribution is 8.00. The zero-order valence-corrected chi connectivity index (χ0v) is 17.0. The van der Waals surface area contributed by atoms with Gasteiger partial charge in [-0.2, -0.15) is 13.2 Å². The van der Waals surface area contributed by atoms with Gasteiger partial charge in [-0.05, 0) is 43.2 Å². The van der Waals surface area contributed by atoms with Gasteiger partial charge in [0.15, 0.2) is 0 Å². The monoisotopic (exact) mass is 453 g/mol. The number of nitrogens with zero attached hydrogens (tertiary/aromatic N) is 2. The number of anilines is 1. The van der Waals surface area contributed by atoms with Crippen molar-refractivity contribution in [3.05, 3.63) is 63.7 Å². The maximum absolute atomic E-state index is 12.8. The zero-order valence-electron chi connectivity index (χ0n) is 16.1. The number of hydrogen-bond donors (Lipinski definition) is 1. The Balaban J connectivity index is 1.65. The van der Waals surface area contributed by atoms with Crippen molar-refractivity contribution in [3.8, 4) is 0 Å². The summed E-state index contributed by atoms with van der Waals surface area (Å²) in [7, 11) is 0. The van der Waals surface area contributed by atoms with Crippen LogP contribution in [0.2, 0.25) is 0 Å². The normalized spacial score (nSPS) is 13.8. The van der Waals surface area contributed by atoms with E-state index in [0.717, 1.165) is 36.7 Å². The quantitative estimate of drug-likeness (QED) is 0.393. The topological polar surface area (TPSA) is 92.5 Å². The van der Waals surface area contributed by atoms with Crippen molar-refractivity contribution >= 4 is 35.0 Å². The molecule has 1 saturated heterocycles. The Morgan fingerprint density at radius 1 is 1.13 bits per heavy atom. The maximum Gasteiger partial charge on any atom is 0.416 e. The molecule has 1 aliphatic rings. The number of benzene rings is 2. The third-order valence-corrected chi connectivity index (χ3v) is 5.69. The minimum absolute atomic E-state index is 0.0499. The van der Waals surface area contributed by atoms with Crippen molar-refractivity contribution in [1.29, 1.82) is 0 Å². The Morgan fingerprint density at radius 2 is 1.84 bits per heavy atom. The Kier molecular flexibility index (Phi) is 6.84. The van der Waals surface area contributed by atoms with Gasteiger partial charge < -0.3 is 10.2 Å². The standard InChI is InChI=1S/C20H18F3N3O4S/c21-20(22,23)14-6-7-17(16(11-14)26(29)30)31-12-18(27)24-15-5-3-4-13(10-15)19(28)25-8-1-2-9-25/h3-7,10-11H,1-2,8-9,12H2,(H,24,27). The fraction of sp³-hybridized carbons (Fsp3) is 0.300. The van der Waals surface area contributed by atoms with Crippen molar-refractivity contribution in [2.24, 2.45) is 0 Å². The SMILES string of the molecule is O=C(CSc1ccc(C(F)(F)F)cc1[N+](=O)[O-])Nc1cccc(C(=O)N2CCCC2)c1. The lowest BCUT2D eigenvalue weighted by atomic mass is 10.1. The molecule has 3 rings (SSSR count). The van der Waals surface area contributed by atoms with E-state index in [2.05, 4.69) is 5.32 Å². The molecule has 1 heterocycles. The molecule has 1 aliphatic heterocycles. The molecule has 0 aliphatic carbocycles. The number of alkyl halides is 3. The van der Waals surface area contributed by atoms with Crippen LogP contribution in [-0.4, -0.2) is 40.5 Å². The van der Waals surface area contributed by atoms with Crippen LogP contribution < -0.4 is 5.32 Å². The van der Waals surface area contributed by atoms with Crippen molar-refractivity contribution in [2.75, 3.05) is 24.2 Å². The summed E-state index contributed by atoms with van der Waals surface area (Å²) < 4.78 is 38.4. The van der Waals surface area contributed by atoms with Gasteiger partial charge in [-0.3, -0.25) is 19.7 Å². The molecule has 0 radical (unpaired) electrons. The Bertz CT molecular complexity index is 1010. The number of rotatable bonds is 6. The molecule has 31 heavy (non-hydrogen) atoms. The number of nitrogens with one attached hydrogen (secondary N) is 1. The first-order valence-corrected chi connectivity index (χ1v) is 10.3. The molecular formula is C20H18F3N3O4S. The van der Waals surface area contributed by atoms with E-state index in [9.17, 15) is 32.9 Å². The van der Waals surface area contributed by atoms with Crippen molar-refractivity contribution < 1.29 is 27.7 Å². The van der Waals surface area contributed by atoms with E-state index < -0.39 is 28.3 Å². The van der Waals surface area contributed by atoms with Gasteiger partial charge in [0.2, 0.25) is 5.91 Å². The highest BCUT2D eigenvalue weighted by Crippen LogP contribution is 2.36. The number of thioether (sulfide) groups is 1. The summed E-state index contributed by atoms with van der Waals surface area (Å²) in [6, 6.07) is 8.60. The van der Waals surface area contributed by atoms with E-state index in [1.807, 2.05) is 0 Å². The Hall–Kier alpha value is -3.08. The molecule has 0 saturated carbocycles. The summed E-state index contributed by atoms with van der Waals surface area (Å²) in [4.78, 5) is 36.6. The third kappa shape index (κ3) is 5.75. The Morgan fingerprint density at radius 3 is 2.48 bits per heavy atom. The summed E-state index contributed by atoms with van der Waals surface area (Å²) in [5, 5.41) is 13.7. The minimum Gasteiger partial charge on any atom is -0.339 e. The average Bonchev–Trinajstić information content (AvgIpc) is 3.26. The number of nitro benzene ring substituents is 1. The maximum atomic E-state index is 12.8. The van der Waals surface area contributed by atoms with E-state index in [-0.39, 0.29) is 16.6 Å². The van der Waals surface area contributed by atoms with Crippen LogP contribution in [0.5, 0.6) is 0 Å². The van der Waals surface area contributed by atoms with Gasteiger partial charge >= 0.3 is 6.18 Å². The van der Waals surface area contributed by atoms with Crippen LogP contribution in [0.1, 0.15) is 28.8 Å². The second kappa shape index (κ2) is 9.38. The summed E-state index contributed by atoms with van der Waals surface area (Å²) >= 11 is 0.757. The van der Waals surface area contributed by atoms with Gasteiger partial charge in [-0.15, -0.1) is 11.8 Å². The van der Waals surface area contributed by atoms with E-state index in [1.165, 1.54) is 0 Å². The highest BCUT2D eigenvalue weighted by Gasteiger charge is 2.33. The van der Waals surface area contributed by atoms with Gasteiger partial charge in [-0.25, -0.2) is 0 Å². The second-order valence-corrected chi connectivity index (χ2v) is 7.87. The lowest BCUT2D eigenvalue weighted by Gasteiger charge is -2.15. The molecule has 0 bridgehead atoms. The number of carbonyl (C=O) groups excluding carboxylic acids is 2. The molecular weight excluding hydrogens is 435 g/mol. The number of nitro groups is 1. The Labute approximate surface area is 179 Å². The van der Waals surface area contributed by atoms with Gasteiger partial charge in [0, 0.05) is 30.4 Å². The molecule has 7 nitrogen and oxygen atoms in total. The van der Waals surface area contributed by atoms with Crippen LogP contribution in [0.4, 0.5) is 24.5 Å². The van der Waals surface area contributed by atoms with Crippen LogP contribution in [-0.2, 0) is 11.0 Å². The van der Waals surface area contributed by atoms with Crippen molar-refractivity contribution in [2.45, 2.75) is 23.9 Å². The van der Waals surface area contributed by atoms with Gasteiger partial charge in [0.05, 0.1) is 21.1 Å². The molecule has 0 atom stereocenters. The summed E-state index contributed by atoms with van der Waals surface area (Å²) in [6.45, 7) is 1.38. The number of carbonyl (C=O) groups is 2. The molecule has 0 aromatic heterocycles. The van der Waals surface area contributed by atoms with Crippen LogP contribution in [0.15, 0.2) is 47.4 Å². The average molecular weight is 453 g/mol. The molecule has 0 spiro atoms. The zero-order chi connectivity index (χ0) is 22.6. The van der Waals surface area contributed by atoms with Gasteiger partial charge in [-0.1, -0.05) is 6.07 Å². The summed E-state index contributed by atoms with van der Waals surface area (Å²) in [5.41, 5.74) is -1.03. The number of amides is 2. The summed E-state index contributed by atoms with van der Waals surface area (Å²) in [5.74, 6) is -0.885. The van der Waals surface area contributed by atoms with Crippen LogP contribution in [0.25, 0.3) is 0 Å². The fourth-order valence-corrected chi connectivity index (χ4v) is 3.94. The largest absolute Gasteiger partial charge is 0.416 e. The second-order valence-electron chi connectivity index (χ2n) is 6.85.